The molecule has 26 heavy (non-hydrogen) atoms. The Bertz CT molecular complexity index is 826. The fraction of sp³-hybridized carbons (Fsp3) is 0.364. The Morgan fingerprint density at radius 2 is 1.85 bits per heavy atom. The lowest BCUT2D eigenvalue weighted by Crippen LogP contribution is -2.39. The second-order valence-corrected chi connectivity index (χ2v) is 7.00. The maximum absolute atomic E-state index is 10.5. The van der Waals surface area contributed by atoms with Gasteiger partial charge in [-0.1, -0.05) is 36.4 Å². The third kappa shape index (κ3) is 4.65. The standard InChI is InChI=1S/C22H27NO3/c1-16(2)23(13-18-8-5-4-6-9-18)14-19(24)15-25-21-10-7-11-22-20(21)12-17(3)26-22/h4-12,16,19,24H,13-15H2,1-3H3. The molecule has 0 saturated carbocycles. The molecular weight excluding hydrogens is 326 g/mol. The van der Waals surface area contributed by atoms with Gasteiger partial charge < -0.3 is 14.3 Å². The van der Waals surface area contributed by atoms with Gasteiger partial charge in [0.15, 0.2) is 0 Å². The van der Waals surface area contributed by atoms with Crippen LogP contribution in [0.4, 0.5) is 0 Å². The van der Waals surface area contributed by atoms with Crippen LogP contribution in [0.25, 0.3) is 11.0 Å². The van der Waals surface area contributed by atoms with Crippen LogP contribution in [-0.4, -0.2) is 35.3 Å². The summed E-state index contributed by atoms with van der Waals surface area (Å²) >= 11 is 0. The molecular formula is C22H27NO3. The molecule has 1 N–H and O–H groups in total. The molecule has 3 aromatic rings. The van der Waals surface area contributed by atoms with Gasteiger partial charge in [-0.15, -0.1) is 0 Å². The summed E-state index contributed by atoms with van der Waals surface area (Å²) in [6.07, 6.45) is -0.565. The van der Waals surface area contributed by atoms with Crippen molar-refractivity contribution in [2.75, 3.05) is 13.2 Å². The minimum absolute atomic E-state index is 0.251. The van der Waals surface area contributed by atoms with Crippen LogP contribution in [0, 0.1) is 6.92 Å². The smallest absolute Gasteiger partial charge is 0.137 e. The van der Waals surface area contributed by atoms with Gasteiger partial charge in [-0.3, -0.25) is 4.90 Å². The van der Waals surface area contributed by atoms with Gasteiger partial charge >= 0.3 is 0 Å². The Balaban J connectivity index is 1.60. The van der Waals surface area contributed by atoms with Gasteiger partial charge in [-0.2, -0.15) is 0 Å². The van der Waals surface area contributed by atoms with Crippen molar-refractivity contribution in [3.05, 3.63) is 65.9 Å². The monoisotopic (exact) mass is 353 g/mol. The Morgan fingerprint density at radius 1 is 1.08 bits per heavy atom. The Labute approximate surface area is 155 Å². The highest BCUT2D eigenvalue weighted by atomic mass is 16.5. The number of aliphatic hydroxyl groups is 1. The van der Waals surface area contributed by atoms with Gasteiger partial charge in [0, 0.05) is 19.1 Å². The average molecular weight is 353 g/mol. The van der Waals surface area contributed by atoms with Crippen LogP contribution in [0.5, 0.6) is 5.75 Å². The second-order valence-electron chi connectivity index (χ2n) is 7.00. The second kappa shape index (κ2) is 8.39. The Hall–Kier alpha value is -2.30. The van der Waals surface area contributed by atoms with Crippen LogP contribution in [0.1, 0.15) is 25.2 Å². The van der Waals surface area contributed by atoms with E-state index >= 15 is 0 Å². The molecule has 3 rings (SSSR count). The van der Waals surface area contributed by atoms with Crippen molar-refractivity contribution in [3.8, 4) is 5.75 Å². The predicted octanol–water partition coefficient (Wildman–Crippen LogP) is 4.39. The van der Waals surface area contributed by atoms with Crippen LogP contribution in [0.3, 0.4) is 0 Å². The van der Waals surface area contributed by atoms with E-state index in [0.29, 0.717) is 12.6 Å². The summed E-state index contributed by atoms with van der Waals surface area (Å²) < 4.78 is 11.5. The molecule has 4 nitrogen and oxygen atoms in total. The molecule has 138 valence electrons. The molecule has 0 bridgehead atoms. The van der Waals surface area contributed by atoms with Crippen molar-refractivity contribution in [2.45, 2.75) is 39.5 Å². The Kier molecular flexibility index (Phi) is 5.96. The number of nitrogens with zero attached hydrogens (tertiary/aromatic N) is 1. The Morgan fingerprint density at radius 3 is 2.58 bits per heavy atom. The highest BCUT2D eigenvalue weighted by molar-refractivity contribution is 5.84. The lowest BCUT2D eigenvalue weighted by atomic mass is 10.1. The molecule has 1 atom stereocenters. The molecule has 0 fully saturated rings. The summed E-state index contributed by atoms with van der Waals surface area (Å²) in [7, 11) is 0. The normalized spacial score (nSPS) is 12.8. The molecule has 0 saturated heterocycles. The van der Waals surface area contributed by atoms with E-state index in [0.717, 1.165) is 29.0 Å². The van der Waals surface area contributed by atoms with E-state index in [9.17, 15) is 5.11 Å². The molecule has 0 amide bonds. The van der Waals surface area contributed by atoms with Crippen LogP contribution in [-0.2, 0) is 6.54 Å². The minimum Gasteiger partial charge on any atom is -0.490 e. The zero-order valence-electron chi connectivity index (χ0n) is 15.7. The van der Waals surface area contributed by atoms with Crippen molar-refractivity contribution in [1.29, 1.82) is 0 Å². The summed E-state index contributed by atoms with van der Waals surface area (Å²) in [6.45, 7) is 7.83. The number of rotatable bonds is 8. The molecule has 1 aromatic heterocycles. The van der Waals surface area contributed by atoms with Crippen LogP contribution >= 0.6 is 0 Å². The zero-order valence-corrected chi connectivity index (χ0v) is 15.7. The molecule has 0 aliphatic carbocycles. The van der Waals surface area contributed by atoms with E-state index in [-0.39, 0.29) is 6.61 Å². The van der Waals surface area contributed by atoms with Crippen molar-refractivity contribution < 1.29 is 14.3 Å². The first-order chi connectivity index (χ1) is 12.5. The van der Waals surface area contributed by atoms with Crippen molar-refractivity contribution >= 4 is 11.0 Å². The summed E-state index contributed by atoms with van der Waals surface area (Å²) in [5.41, 5.74) is 2.05. The van der Waals surface area contributed by atoms with E-state index < -0.39 is 6.10 Å². The number of hydrogen-bond donors (Lipinski definition) is 1. The van der Waals surface area contributed by atoms with Crippen molar-refractivity contribution in [3.63, 3.8) is 0 Å². The lowest BCUT2D eigenvalue weighted by molar-refractivity contribution is 0.0547. The summed E-state index contributed by atoms with van der Waals surface area (Å²) in [6, 6.07) is 18.4. The SMILES string of the molecule is Cc1cc2c(OCC(O)CN(Cc3ccccc3)C(C)C)cccc2o1. The number of furan rings is 1. The molecule has 0 aliphatic rings. The van der Waals surface area contributed by atoms with Gasteiger partial charge in [0.25, 0.3) is 0 Å². The fourth-order valence-electron chi connectivity index (χ4n) is 3.07. The predicted molar refractivity (Wildman–Crippen MR) is 104 cm³/mol. The fourth-order valence-corrected chi connectivity index (χ4v) is 3.07. The first kappa shape index (κ1) is 18.5. The van der Waals surface area contributed by atoms with E-state index in [1.165, 1.54) is 5.56 Å². The number of hydrogen-bond acceptors (Lipinski definition) is 4. The minimum atomic E-state index is -0.565. The topological polar surface area (TPSA) is 45.8 Å². The maximum atomic E-state index is 10.5. The molecule has 1 unspecified atom stereocenters. The number of ether oxygens (including phenoxy) is 1. The van der Waals surface area contributed by atoms with E-state index in [4.69, 9.17) is 9.15 Å². The van der Waals surface area contributed by atoms with Gasteiger partial charge in [-0.05, 0) is 44.5 Å². The molecule has 0 aliphatic heterocycles. The van der Waals surface area contributed by atoms with Gasteiger partial charge in [-0.25, -0.2) is 0 Å². The largest absolute Gasteiger partial charge is 0.490 e. The lowest BCUT2D eigenvalue weighted by Gasteiger charge is -2.28. The highest BCUT2D eigenvalue weighted by Gasteiger charge is 2.16. The van der Waals surface area contributed by atoms with Gasteiger partial charge in [0.1, 0.15) is 29.8 Å². The molecule has 1 heterocycles. The third-order valence-electron chi connectivity index (χ3n) is 4.48. The summed E-state index contributed by atoms with van der Waals surface area (Å²) in [5.74, 6) is 1.60. The average Bonchev–Trinajstić information content (AvgIpc) is 3.01. The molecule has 2 aromatic carbocycles. The molecule has 0 radical (unpaired) electrons. The van der Waals surface area contributed by atoms with Crippen molar-refractivity contribution in [2.24, 2.45) is 0 Å². The molecule has 4 heteroatoms. The summed E-state index contributed by atoms with van der Waals surface area (Å²) in [4.78, 5) is 2.26. The van der Waals surface area contributed by atoms with Gasteiger partial charge in [0.05, 0.1) is 5.39 Å². The number of aliphatic hydroxyl groups excluding tert-OH is 1. The quantitative estimate of drug-likeness (QED) is 0.652. The molecule has 0 spiro atoms. The zero-order chi connectivity index (χ0) is 18.5. The number of benzene rings is 2. The van der Waals surface area contributed by atoms with E-state index in [2.05, 4.69) is 30.9 Å². The van der Waals surface area contributed by atoms with Crippen LogP contribution in [0.15, 0.2) is 59.0 Å². The number of aryl methyl sites for hydroxylation is 1. The van der Waals surface area contributed by atoms with Gasteiger partial charge in [0.2, 0.25) is 0 Å². The van der Waals surface area contributed by atoms with Crippen molar-refractivity contribution in [1.82, 2.24) is 4.90 Å². The van der Waals surface area contributed by atoms with Crippen LogP contribution < -0.4 is 4.74 Å². The van der Waals surface area contributed by atoms with E-state index in [1.54, 1.807) is 0 Å². The maximum Gasteiger partial charge on any atom is 0.137 e. The third-order valence-corrected chi connectivity index (χ3v) is 4.48. The first-order valence-electron chi connectivity index (χ1n) is 9.11. The van der Waals surface area contributed by atoms with Crippen LogP contribution in [0.2, 0.25) is 0 Å². The first-order valence-corrected chi connectivity index (χ1v) is 9.11. The highest BCUT2D eigenvalue weighted by Crippen LogP contribution is 2.28. The van der Waals surface area contributed by atoms with E-state index in [1.807, 2.05) is 49.4 Å². The summed E-state index contributed by atoms with van der Waals surface area (Å²) in [5, 5.41) is 11.4. The number of fused-ring (bicyclic) bond motifs is 1.